The fourth-order valence-corrected chi connectivity index (χ4v) is 4.74. The number of carbonyl (C=O) groups excluding carboxylic acids is 2. The molecule has 0 aliphatic carbocycles. The molecule has 2 N–H and O–H groups in total. The van der Waals surface area contributed by atoms with Crippen molar-refractivity contribution in [1.82, 2.24) is 19.4 Å². The highest BCUT2D eigenvalue weighted by Gasteiger charge is 2.28. The molecule has 1 aromatic carbocycles. The molecule has 0 spiro atoms. The molecule has 10 nitrogen and oxygen atoms in total. The van der Waals surface area contributed by atoms with Crippen LogP contribution >= 0.6 is 11.3 Å². The van der Waals surface area contributed by atoms with Crippen molar-refractivity contribution in [3.63, 3.8) is 0 Å². The van der Waals surface area contributed by atoms with Gasteiger partial charge in [-0.2, -0.15) is 0 Å². The molecule has 34 heavy (non-hydrogen) atoms. The van der Waals surface area contributed by atoms with E-state index < -0.39 is 17.2 Å². The maximum Gasteiger partial charge on any atom is 0.410 e. The summed E-state index contributed by atoms with van der Waals surface area (Å²) >= 11 is 1.31. The molecule has 0 saturated carbocycles. The SMILES string of the molecule is CCCn1c(=O)[nH]c2cc(C(=O)Nc3nc4c(s3)CN(C(=O)OC(C)(C)C)CC4)ccc2c1=O. The van der Waals surface area contributed by atoms with Crippen LogP contribution in [0.2, 0.25) is 0 Å². The van der Waals surface area contributed by atoms with Gasteiger partial charge in [0.1, 0.15) is 5.60 Å². The van der Waals surface area contributed by atoms with E-state index in [9.17, 15) is 19.2 Å². The van der Waals surface area contributed by atoms with E-state index in [0.717, 1.165) is 15.1 Å². The minimum atomic E-state index is -0.572. The summed E-state index contributed by atoms with van der Waals surface area (Å²) in [7, 11) is 0. The van der Waals surface area contributed by atoms with Crippen LogP contribution in [0.5, 0.6) is 0 Å². The van der Waals surface area contributed by atoms with Crippen molar-refractivity contribution in [2.24, 2.45) is 0 Å². The Bertz CT molecular complexity index is 1380. The number of aromatic nitrogens is 3. The van der Waals surface area contributed by atoms with Crippen LogP contribution in [0.25, 0.3) is 10.9 Å². The first-order valence-corrected chi connectivity index (χ1v) is 11.9. The van der Waals surface area contributed by atoms with Gasteiger partial charge in [-0.05, 0) is 45.4 Å². The van der Waals surface area contributed by atoms with Crippen molar-refractivity contribution in [1.29, 1.82) is 0 Å². The van der Waals surface area contributed by atoms with Gasteiger partial charge in [-0.25, -0.2) is 14.6 Å². The number of benzene rings is 1. The molecular weight excluding hydrogens is 458 g/mol. The van der Waals surface area contributed by atoms with E-state index in [-0.39, 0.29) is 11.7 Å². The van der Waals surface area contributed by atoms with Crippen LogP contribution in [0.4, 0.5) is 9.93 Å². The molecule has 1 aliphatic heterocycles. The number of fused-ring (bicyclic) bond motifs is 2. The molecule has 0 radical (unpaired) electrons. The van der Waals surface area contributed by atoms with Crippen LogP contribution in [0.15, 0.2) is 27.8 Å². The second-order valence-corrected chi connectivity index (χ2v) is 10.2. The zero-order valence-electron chi connectivity index (χ0n) is 19.6. The molecule has 180 valence electrons. The van der Waals surface area contributed by atoms with Gasteiger partial charge in [0.05, 0.1) is 23.1 Å². The van der Waals surface area contributed by atoms with Gasteiger partial charge in [0, 0.05) is 30.0 Å². The average molecular weight is 486 g/mol. The highest BCUT2D eigenvalue weighted by Crippen LogP contribution is 2.29. The monoisotopic (exact) mass is 485 g/mol. The van der Waals surface area contributed by atoms with Gasteiger partial charge in [0.15, 0.2) is 5.13 Å². The lowest BCUT2D eigenvalue weighted by Gasteiger charge is -2.29. The predicted molar refractivity (Wildman–Crippen MR) is 130 cm³/mol. The van der Waals surface area contributed by atoms with Gasteiger partial charge in [-0.3, -0.25) is 19.5 Å². The standard InChI is InChI=1S/C23H27N5O5S/c1-5-9-28-19(30)14-7-6-13(11-16(14)25-21(28)31)18(29)26-20-24-15-8-10-27(12-17(15)34-20)22(32)33-23(2,3)4/h6-7,11H,5,8-10,12H2,1-4H3,(H,25,31)(H,24,26,29). The largest absolute Gasteiger partial charge is 0.444 e. The fourth-order valence-electron chi connectivity index (χ4n) is 3.72. The number of thiazole rings is 1. The van der Waals surface area contributed by atoms with Crippen LogP contribution < -0.4 is 16.6 Å². The number of amides is 2. The Hall–Kier alpha value is -3.47. The summed E-state index contributed by atoms with van der Waals surface area (Å²) in [6, 6.07) is 4.58. The van der Waals surface area contributed by atoms with Gasteiger partial charge >= 0.3 is 11.8 Å². The summed E-state index contributed by atoms with van der Waals surface area (Å²) in [5, 5.41) is 3.55. The smallest absolute Gasteiger partial charge is 0.410 e. The Kier molecular flexibility index (Phi) is 6.30. The van der Waals surface area contributed by atoms with Gasteiger partial charge in [-0.15, -0.1) is 0 Å². The second-order valence-electron chi connectivity index (χ2n) is 9.14. The van der Waals surface area contributed by atoms with E-state index in [1.165, 1.54) is 17.4 Å². The Morgan fingerprint density at radius 1 is 1.26 bits per heavy atom. The highest BCUT2D eigenvalue weighted by molar-refractivity contribution is 7.15. The summed E-state index contributed by atoms with van der Waals surface area (Å²) < 4.78 is 6.60. The highest BCUT2D eigenvalue weighted by atomic mass is 32.1. The quantitative estimate of drug-likeness (QED) is 0.585. The third-order valence-corrected chi connectivity index (χ3v) is 6.29. The number of rotatable bonds is 4. The Morgan fingerprint density at radius 2 is 2.03 bits per heavy atom. The number of nitrogens with zero attached hydrogens (tertiary/aromatic N) is 3. The fraction of sp³-hybridized carbons (Fsp3) is 0.435. The van der Waals surface area contributed by atoms with Gasteiger partial charge < -0.3 is 14.6 Å². The van der Waals surface area contributed by atoms with Crippen molar-refractivity contribution >= 4 is 39.4 Å². The minimum Gasteiger partial charge on any atom is -0.444 e. The topological polar surface area (TPSA) is 126 Å². The van der Waals surface area contributed by atoms with E-state index in [2.05, 4.69) is 15.3 Å². The predicted octanol–water partition coefficient (Wildman–Crippen LogP) is 3.10. The van der Waals surface area contributed by atoms with Crippen molar-refractivity contribution in [2.75, 3.05) is 11.9 Å². The molecular formula is C23H27N5O5S. The van der Waals surface area contributed by atoms with Crippen LogP contribution in [-0.2, 0) is 24.2 Å². The molecule has 11 heteroatoms. The first kappa shape index (κ1) is 23.7. The van der Waals surface area contributed by atoms with Crippen LogP contribution in [-0.4, -0.2) is 43.6 Å². The lowest BCUT2D eigenvalue weighted by atomic mass is 10.1. The summed E-state index contributed by atoms with van der Waals surface area (Å²) in [5.41, 5.74) is -0.00814. The molecule has 2 aromatic heterocycles. The number of ether oxygens (including phenoxy) is 1. The zero-order chi connectivity index (χ0) is 24.6. The molecule has 0 bridgehead atoms. The molecule has 0 fully saturated rings. The van der Waals surface area contributed by atoms with E-state index >= 15 is 0 Å². The third-order valence-electron chi connectivity index (χ3n) is 5.29. The van der Waals surface area contributed by atoms with E-state index in [0.29, 0.717) is 54.1 Å². The normalized spacial score (nSPS) is 13.6. The third kappa shape index (κ3) is 4.89. The van der Waals surface area contributed by atoms with Crippen molar-refractivity contribution in [3.8, 4) is 0 Å². The number of hydrogen-bond acceptors (Lipinski definition) is 7. The Balaban J connectivity index is 1.51. The van der Waals surface area contributed by atoms with E-state index in [1.54, 1.807) is 17.0 Å². The average Bonchev–Trinajstić information content (AvgIpc) is 3.16. The summed E-state index contributed by atoms with van der Waals surface area (Å²) in [5.74, 6) is -0.407. The first-order chi connectivity index (χ1) is 16.1. The molecule has 1 aliphatic rings. The van der Waals surface area contributed by atoms with Gasteiger partial charge in [0.2, 0.25) is 0 Å². The number of aromatic amines is 1. The lowest BCUT2D eigenvalue weighted by molar-refractivity contribution is 0.0225. The number of hydrogen-bond donors (Lipinski definition) is 2. The maximum absolute atomic E-state index is 12.8. The Morgan fingerprint density at radius 3 is 2.74 bits per heavy atom. The summed E-state index contributed by atoms with van der Waals surface area (Å²) in [6.45, 7) is 8.55. The van der Waals surface area contributed by atoms with Gasteiger partial charge in [-0.1, -0.05) is 18.3 Å². The number of nitrogens with one attached hydrogen (secondary N) is 2. The zero-order valence-corrected chi connectivity index (χ0v) is 20.4. The number of anilines is 1. The van der Waals surface area contributed by atoms with Crippen LogP contribution in [0, 0.1) is 0 Å². The van der Waals surface area contributed by atoms with Crippen molar-refractivity contribution in [3.05, 3.63) is 55.2 Å². The summed E-state index contributed by atoms with van der Waals surface area (Å²) in [4.78, 5) is 59.7. The van der Waals surface area contributed by atoms with Crippen molar-refractivity contribution in [2.45, 2.75) is 59.2 Å². The molecule has 0 unspecified atom stereocenters. The van der Waals surface area contributed by atoms with Crippen LogP contribution in [0.1, 0.15) is 55.0 Å². The molecule has 4 rings (SSSR count). The number of carbonyl (C=O) groups is 2. The molecule has 0 saturated heterocycles. The lowest BCUT2D eigenvalue weighted by Crippen LogP contribution is -2.39. The molecule has 3 heterocycles. The number of H-pyrrole nitrogens is 1. The molecule has 2 amide bonds. The van der Waals surface area contributed by atoms with Crippen LogP contribution in [0.3, 0.4) is 0 Å². The minimum absolute atomic E-state index is 0.291. The Labute approximate surface area is 199 Å². The second kappa shape index (κ2) is 9.05. The molecule has 3 aromatic rings. The summed E-state index contributed by atoms with van der Waals surface area (Å²) in [6.07, 6.45) is 0.852. The van der Waals surface area contributed by atoms with Crippen molar-refractivity contribution < 1.29 is 14.3 Å². The first-order valence-electron chi connectivity index (χ1n) is 11.1. The maximum atomic E-state index is 12.8. The van der Waals surface area contributed by atoms with E-state index in [1.807, 2.05) is 27.7 Å². The molecule has 0 atom stereocenters. The van der Waals surface area contributed by atoms with Gasteiger partial charge in [0.25, 0.3) is 11.5 Å². The van der Waals surface area contributed by atoms with E-state index in [4.69, 9.17) is 4.74 Å².